The van der Waals surface area contributed by atoms with Crippen molar-refractivity contribution in [3.8, 4) is 16.9 Å². The van der Waals surface area contributed by atoms with E-state index in [1.165, 1.54) is 50.1 Å². The minimum absolute atomic E-state index is 0.0595. The molecule has 2 N–H and O–H groups in total. The predicted molar refractivity (Wildman–Crippen MR) is 186 cm³/mol. The van der Waals surface area contributed by atoms with Gasteiger partial charge in [0, 0.05) is 38.9 Å². The molecule has 9 rings (SSSR count). The van der Waals surface area contributed by atoms with Gasteiger partial charge in [-0.1, -0.05) is 92.7 Å². The number of H-pyrrole nitrogens is 1. The fraction of sp³-hybridized carbons (Fsp3) is 0.122. The molecule has 0 amide bonds. The number of fused-ring (bicyclic) bond motifs is 7. The highest BCUT2D eigenvalue weighted by molar-refractivity contribution is 6.12. The summed E-state index contributed by atoms with van der Waals surface area (Å²) in [5.74, 6) is 0.881. The Hall–Kier alpha value is -5.48. The zero-order valence-corrected chi connectivity index (χ0v) is 25.3. The Kier molecular flexibility index (Phi) is 5.63. The number of aromatic amines is 1. The second kappa shape index (κ2) is 9.76. The molecule has 7 aromatic rings. The molecule has 1 aromatic heterocycles. The first kappa shape index (κ1) is 26.0. The van der Waals surface area contributed by atoms with E-state index < -0.39 is 0 Å². The fourth-order valence-corrected chi connectivity index (χ4v) is 7.31. The maximum Gasteiger partial charge on any atom is 0.196 e. The van der Waals surface area contributed by atoms with E-state index in [-0.39, 0.29) is 11.6 Å². The number of nitrogens with zero attached hydrogens (tertiary/aromatic N) is 1. The maximum absolute atomic E-state index is 6.47. The highest BCUT2D eigenvalue weighted by Crippen LogP contribution is 2.49. The lowest BCUT2D eigenvalue weighted by atomic mass is 9.78. The molecular weight excluding hydrogens is 550 g/mol. The summed E-state index contributed by atoms with van der Waals surface area (Å²) < 4.78 is 6.47. The Balaban J connectivity index is 1.15. The average molecular weight is 584 g/mol. The summed E-state index contributed by atoms with van der Waals surface area (Å²) in [7, 11) is 0. The van der Waals surface area contributed by atoms with E-state index in [0.29, 0.717) is 0 Å². The summed E-state index contributed by atoms with van der Waals surface area (Å²) >= 11 is 0. The van der Waals surface area contributed by atoms with Crippen molar-refractivity contribution in [1.82, 2.24) is 4.98 Å². The second-order valence-electron chi connectivity index (χ2n) is 12.9. The molecule has 2 aliphatic heterocycles. The van der Waals surface area contributed by atoms with Crippen molar-refractivity contribution in [2.45, 2.75) is 31.9 Å². The topological polar surface area (TPSA) is 40.3 Å². The Labute approximate surface area is 262 Å². The molecule has 4 heteroatoms. The van der Waals surface area contributed by atoms with Crippen molar-refractivity contribution in [3.63, 3.8) is 0 Å². The van der Waals surface area contributed by atoms with Gasteiger partial charge < -0.3 is 19.9 Å². The molecule has 3 heterocycles. The normalized spacial score (nSPS) is 16.4. The van der Waals surface area contributed by atoms with Crippen LogP contribution in [0.5, 0.6) is 5.75 Å². The molecule has 6 aromatic carbocycles. The third-order valence-electron chi connectivity index (χ3n) is 9.53. The molecule has 4 nitrogen and oxygen atoms in total. The van der Waals surface area contributed by atoms with Gasteiger partial charge in [-0.2, -0.15) is 0 Å². The molecule has 218 valence electrons. The van der Waals surface area contributed by atoms with Crippen molar-refractivity contribution in [3.05, 3.63) is 150 Å². The van der Waals surface area contributed by atoms with Crippen molar-refractivity contribution >= 4 is 44.6 Å². The van der Waals surface area contributed by atoms with Gasteiger partial charge >= 0.3 is 0 Å². The summed E-state index contributed by atoms with van der Waals surface area (Å²) in [5.41, 5.74) is 13.0. The zero-order valence-electron chi connectivity index (χ0n) is 25.3. The van der Waals surface area contributed by atoms with Crippen LogP contribution >= 0.6 is 0 Å². The number of hydrogen-bond acceptors (Lipinski definition) is 3. The number of benzene rings is 6. The third kappa shape index (κ3) is 4.13. The molecule has 0 saturated heterocycles. The molecule has 0 bridgehead atoms. The lowest BCUT2D eigenvalue weighted by Gasteiger charge is -2.30. The minimum atomic E-state index is -0.196. The zero-order chi connectivity index (χ0) is 30.1. The van der Waals surface area contributed by atoms with E-state index in [9.17, 15) is 0 Å². The van der Waals surface area contributed by atoms with Gasteiger partial charge in [0.1, 0.15) is 0 Å². The van der Waals surface area contributed by atoms with Crippen molar-refractivity contribution in [2.24, 2.45) is 0 Å². The highest BCUT2D eigenvalue weighted by Gasteiger charge is 2.33. The number of nitrogens with one attached hydrogen (secondary N) is 2. The van der Waals surface area contributed by atoms with Crippen LogP contribution in [0.1, 0.15) is 36.8 Å². The average Bonchev–Trinajstić information content (AvgIpc) is 3.66. The van der Waals surface area contributed by atoms with Crippen molar-refractivity contribution in [1.29, 1.82) is 0 Å². The van der Waals surface area contributed by atoms with Crippen LogP contribution in [0.3, 0.4) is 0 Å². The number of anilines is 4. The van der Waals surface area contributed by atoms with Gasteiger partial charge in [-0.25, -0.2) is 0 Å². The Morgan fingerprint density at radius 3 is 2.27 bits per heavy atom. The van der Waals surface area contributed by atoms with Gasteiger partial charge in [0.05, 0.1) is 11.2 Å². The van der Waals surface area contributed by atoms with E-state index in [2.05, 4.69) is 144 Å². The predicted octanol–water partition coefficient (Wildman–Crippen LogP) is 10.8. The summed E-state index contributed by atoms with van der Waals surface area (Å²) in [6.45, 7) is 4.75. The lowest BCUT2D eigenvalue weighted by Crippen LogP contribution is -2.20. The standard InChI is InChI=1S/C41H33N3O/c1-41(2)25-29-13-9-10-16-36(29)44(30-14-7-4-8-15-30)37-22-18-28(24-33(37)41)27-17-20-34-32(23-27)31-19-21-35-39(38(31)42-34)45-40(43-35)26-11-5-3-6-12-26/h3-24,40,42-43H,25H2,1-2H3. The van der Waals surface area contributed by atoms with Gasteiger partial charge in [0.15, 0.2) is 12.0 Å². The number of ether oxygens (including phenoxy) is 1. The van der Waals surface area contributed by atoms with Gasteiger partial charge in [-0.3, -0.25) is 0 Å². The van der Waals surface area contributed by atoms with Crippen LogP contribution in [-0.2, 0) is 11.8 Å². The van der Waals surface area contributed by atoms with Crippen molar-refractivity contribution in [2.75, 3.05) is 10.2 Å². The van der Waals surface area contributed by atoms with E-state index >= 15 is 0 Å². The molecule has 1 atom stereocenters. The summed E-state index contributed by atoms with van der Waals surface area (Å²) in [6, 6.07) is 48.0. The molecule has 0 radical (unpaired) electrons. The highest BCUT2D eigenvalue weighted by atomic mass is 16.5. The van der Waals surface area contributed by atoms with E-state index in [1.54, 1.807) is 0 Å². The Morgan fingerprint density at radius 2 is 1.42 bits per heavy atom. The number of aromatic nitrogens is 1. The van der Waals surface area contributed by atoms with Crippen LogP contribution in [0.25, 0.3) is 32.9 Å². The molecule has 45 heavy (non-hydrogen) atoms. The SMILES string of the molecule is CC1(C)Cc2ccccc2N(c2ccccc2)c2ccc(-c3ccc4[nH]c5c6c(ccc5c4c3)NC(c3ccccc3)O6)cc21. The number of rotatable bonds is 3. The maximum atomic E-state index is 6.47. The van der Waals surface area contributed by atoms with Crippen LogP contribution in [0, 0.1) is 0 Å². The number of para-hydroxylation sites is 2. The van der Waals surface area contributed by atoms with E-state index in [0.717, 1.165) is 34.5 Å². The molecular formula is C41H33N3O. The monoisotopic (exact) mass is 583 g/mol. The van der Waals surface area contributed by atoms with Crippen LogP contribution < -0.4 is 15.0 Å². The number of hydrogen-bond donors (Lipinski definition) is 2. The summed E-state index contributed by atoms with van der Waals surface area (Å²) in [4.78, 5) is 6.10. The first-order valence-electron chi connectivity index (χ1n) is 15.7. The quantitative estimate of drug-likeness (QED) is 0.217. The van der Waals surface area contributed by atoms with Gasteiger partial charge in [-0.05, 0) is 88.7 Å². The van der Waals surface area contributed by atoms with Crippen LogP contribution in [-0.4, -0.2) is 4.98 Å². The fourth-order valence-electron chi connectivity index (χ4n) is 7.31. The van der Waals surface area contributed by atoms with Crippen LogP contribution in [0.15, 0.2) is 133 Å². The molecule has 0 spiro atoms. The molecule has 0 saturated carbocycles. The van der Waals surface area contributed by atoms with Gasteiger partial charge in [-0.15, -0.1) is 0 Å². The third-order valence-corrected chi connectivity index (χ3v) is 9.53. The lowest BCUT2D eigenvalue weighted by molar-refractivity contribution is 0.262. The summed E-state index contributed by atoms with van der Waals surface area (Å²) in [6.07, 6.45) is 0.770. The smallest absolute Gasteiger partial charge is 0.196 e. The largest absolute Gasteiger partial charge is 0.462 e. The minimum Gasteiger partial charge on any atom is -0.462 e. The molecule has 0 aliphatic carbocycles. The van der Waals surface area contributed by atoms with E-state index in [1.807, 2.05) is 18.2 Å². The van der Waals surface area contributed by atoms with Crippen LogP contribution in [0.4, 0.5) is 22.7 Å². The van der Waals surface area contributed by atoms with Crippen molar-refractivity contribution < 1.29 is 4.74 Å². The Morgan fingerprint density at radius 1 is 0.689 bits per heavy atom. The summed E-state index contributed by atoms with van der Waals surface area (Å²) in [5, 5.41) is 5.91. The first-order valence-corrected chi connectivity index (χ1v) is 15.7. The molecule has 1 unspecified atom stereocenters. The second-order valence-corrected chi connectivity index (χ2v) is 12.9. The molecule has 2 aliphatic rings. The van der Waals surface area contributed by atoms with E-state index in [4.69, 9.17) is 4.74 Å². The van der Waals surface area contributed by atoms with Gasteiger partial charge in [0.2, 0.25) is 0 Å². The molecule has 0 fully saturated rings. The van der Waals surface area contributed by atoms with Gasteiger partial charge in [0.25, 0.3) is 0 Å². The first-order chi connectivity index (χ1) is 22.0. The Bertz CT molecular complexity index is 2230. The van der Waals surface area contributed by atoms with Crippen LogP contribution in [0.2, 0.25) is 0 Å².